The van der Waals surface area contributed by atoms with E-state index < -0.39 is 11.3 Å². The third-order valence-electron chi connectivity index (χ3n) is 2.10. The van der Waals surface area contributed by atoms with E-state index in [0.717, 1.165) is 0 Å². The molecule has 2 unspecified atom stereocenters. The number of ketones is 1. The van der Waals surface area contributed by atoms with Crippen molar-refractivity contribution >= 4 is 12.1 Å². The van der Waals surface area contributed by atoms with Crippen LogP contribution in [0.3, 0.4) is 0 Å². The van der Waals surface area contributed by atoms with Crippen molar-refractivity contribution in [3.05, 3.63) is 0 Å². The molecule has 4 nitrogen and oxygen atoms in total. The number of hydrogen-bond donors (Lipinski definition) is 2. The lowest BCUT2D eigenvalue weighted by atomic mass is 9.79. The summed E-state index contributed by atoms with van der Waals surface area (Å²) in [6, 6.07) is 0. The van der Waals surface area contributed by atoms with Crippen molar-refractivity contribution in [1.29, 1.82) is 0 Å². The number of carbonyl (C=O) groups is 1. The van der Waals surface area contributed by atoms with E-state index in [0.29, 0.717) is 0 Å². The van der Waals surface area contributed by atoms with Crippen LogP contribution in [0, 0.1) is 11.3 Å². The first-order valence-electron chi connectivity index (χ1n) is 4.17. The summed E-state index contributed by atoms with van der Waals surface area (Å²) in [5.74, 6) is -0.961. The van der Waals surface area contributed by atoms with Crippen molar-refractivity contribution in [3.8, 4) is 0 Å². The van der Waals surface area contributed by atoms with Gasteiger partial charge in [-0.3, -0.25) is 9.59 Å². The molecular formula is C9H15O4. The number of Topliss-reactive ketones (excluding diaryl/α,β-unsaturated/α-hetero) is 1. The topological polar surface area (TPSA) is 74.6 Å². The number of carbonyl (C=O) groups excluding carboxylic acids is 2. The second kappa shape index (κ2) is 5.09. The third kappa shape index (κ3) is 2.90. The molecule has 0 aliphatic rings. The molecule has 0 saturated carbocycles. The monoisotopic (exact) mass is 187 g/mol. The number of hydrogen-bond acceptors (Lipinski definition) is 4. The maximum absolute atomic E-state index is 11.5. The standard InChI is InChI=1S/C9H15O4/c1-7(5-11)8(13)9(2,6-12)3-4-10/h7,10-11H,3-5H2,1-2H3. The van der Waals surface area contributed by atoms with Gasteiger partial charge in [0, 0.05) is 12.5 Å². The van der Waals surface area contributed by atoms with Crippen molar-refractivity contribution in [2.75, 3.05) is 13.2 Å². The summed E-state index contributed by atoms with van der Waals surface area (Å²) in [5.41, 5.74) is -1.28. The van der Waals surface area contributed by atoms with Crippen LogP contribution in [0.1, 0.15) is 20.3 Å². The average molecular weight is 187 g/mol. The summed E-state index contributed by atoms with van der Waals surface area (Å²) >= 11 is 0. The van der Waals surface area contributed by atoms with Gasteiger partial charge in [0.2, 0.25) is 6.29 Å². The Kier molecular flexibility index (Phi) is 4.80. The summed E-state index contributed by atoms with van der Waals surface area (Å²) in [5, 5.41) is 17.4. The van der Waals surface area contributed by atoms with E-state index in [4.69, 9.17) is 10.2 Å². The number of aliphatic hydroxyl groups is 2. The van der Waals surface area contributed by atoms with E-state index in [1.807, 2.05) is 0 Å². The molecule has 0 aromatic rings. The third-order valence-corrected chi connectivity index (χ3v) is 2.10. The van der Waals surface area contributed by atoms with Crippen LogP contribution in [-0.2, 0) is 9.59 Å². The highest BCUT2D eigenvalue weighted by atomic mass is 16.3. The zero-order valence-corrected chi connectivity index (χ0v) is 7.91. The first-order chi connectivity index (χ1) is 6.01. The second-order valence-corrected chi connectivity index (χ2v) is 3.36. The molecule has 2 N–H and O–H groups in total. The highest BCUT2D eigenvalue weighted by Crippen LogP contribution is 2.23. The molecule has 0 heterocycles. The molecule has 2 atom stereocenters. The lowest BCUT2D eigenvalue weighted by Crippen LogP contribution is -2.36. The SMILES string of the molecule is CC(CO)C(=O)C(C)([C]=O)CCO. The molecule has 0 fully saturated rings. The fourth-order valence-corrected chi connectivity index (χ4v) is 1.07. The zero-order valence-electron chi connectivity index (χ0n) is 7.91. The van der Waals surface area contributed by atoms with Gasteiger partial charge in [0.15, 0.2) is 5.78 Å². The van der Waals surface area contributed by atoms with E-state index in [1.54, 1.807) is 6.29 Å². The lowest BCUT2D eigenvalue weighted by molar-refractivity contribution is -0.130. The van der Waals surface area contributed by atoms with Crippen molar-refractivity contribution in [3.63, 3.8) is 0 Å². The first-order valence-corrected chi connectivity index (χ1v) is 4.17. The Hall–Kier alpha value is -0.740. The molecule has 13 heavy (non-hydrogen) atoms. The van der Waals surface area contributed by atoms with Crippen LogP contribution in [0.5, 0.6) is 0 Å². The lowest BCUT2D eigenvalue weighted by Gasteiger charge is -2.22. The van der Waals surface area contributed by atoms with Crippen LogP contribution in [0.15, 0.2) is 0 Å². The molecule has 4 heteroatoms. The van der Waals surface area contributed by atoms with Gasteiger partial charge in [0.1, 0.15) is 0 Å². The molecule has 0 saturated heterocycles. The normalized spacial score (nSPS) is 17.5. The summed E-state index contributed by atoms with van der Waals surface area (Å²) < 4.78 is 0. The predicted octanol–water partition coefficient (Wildman–Crippen LogP) is -0.318. The maximum Gasteiger partial charge on any atom is 0.212 e. The van der Waals surface area contributed by atoms with Crippen LogP contribution in [-0.4, -0.2) is 35.5 Å². The summed E-state index contributed by atoms with van der Waals surface area (Å²) in [4.78, 5) is 22.0. The van der Waals surface area contributed by atoms with Crippen LogP contribution < -0.4 is 0 Å². The van der Waals surface area contributed by atoms with E-state index in [9.17, 15) is 9.59 Å². The smallest absolute Gasteiger partial charge is 0.212 e. The van der Waals surface area contributed by atoms with Gasteiger partial charge in [-0.25, -0.2) is 0 Å². The molecule has 0 spiro atoms. The van der Waals surface area contributed by atoms with Crippen LogP contribution in [0.4, 0.5) is 0 Å². The van der Waals surface area contributed by atoms with Crippen molar-refractivity contribution < 1.29 is 19.8 Å². The Bertz CT molecular complexity index is 190. The molecular weight excluding hydrogens is 172 g/mol. The largest absolute Gasteiger partial charge is 0.396 e. The minimum atomic E-state index is -1.28. The van der Waals surface area contributed by atoms with Gasteiger partial charge in [0.05, 0.1) is 12.0 Å². The Morgan fingerprint density at radius 3 is 2.38 bits per heavy atom. The van der Waals surface area contributed by atoms with Gasteiger partial charge in [-0.15, -0.1) is 0 Å². The fraction of sp³-hybridized carbons (Fsp3) is 0.778. The quantitative estimate of drug-likeness (QED) is 0.559. The van der Waals surface area contributed by atoms with E-state index in [2.05, 4.69) is 0 Å². The van der Waals surface area contributed by atoms with Crippen molar-refractivity contribution in [2.24, 2.45) is 11.3 Å². The molecule has 0 aromatic carbocycles. The highest BCUT2D eigenvalue weighted by molar-refractivity contribution is 5.99. The first kappa shape index (κ1) is 12.3. The molecule has 0 bridgehead atoms. The minimum Gasteiger partial charge on any atom is -0.396 e. The molecule has 1 radical (unpaired) electrons. The zero-order chi connectivity index (χ0) is 10.5. The predicted molar refractivity (Wildman–Crippen MR) is 46.8 cm³/mol. The molecule has 0 amide bonds. The van der Waals surface area contributed by atoms with Gasteiger partial charge < -0.3 is 10.2 Å². The summed E-state index contributed by atoms with van der Waals surface area (Å²) in [6.45, 7) is 2.43. The average Bonchev–Trinajstić information content (AvgIpc) is 2.15. The van der Waals surface area contributed by atoms with Crippen LogP contribution >= 0.6 is 0 Å². The van der Waals surface area contributed by atoms with Gasteiger partial charge in [-0.2, -0.15) is 0 Å². The van der Waals surface area contributed by atoms with E-state index in [-0.39, 0.29) is 25.4 Å². The Morgan fingerprint density at radius 1 is 1.54 bits per heavy atom. The second-order valence-electron chi connectivity index (χ2n) is 3.36. The highest BCUT2D eigenvalue weighted by Gasteiger charge is 2.35. The van der Waals surface area contributed by atoms with Gasteiger partial charge in [-0.1, -0.05) is 6.92 Å². The van der Waals surface area contributed by atoms with Gasteiger partial charge in [-0.05, 0) is 13.3 Å². The van der Waals surface area contributed by atoms with Gasteiger partial charge >= 0.3 is 0 Å². The number of rotatable bonds is 6. The number of aliphatic hydroxyl groups excluding tert-OH is 2. The summed E-state index contributed by atoms with van der Waals surface area (Å²) in [6.07, 6.45) is 1.68. The van der Waals surface area contributed by atoms with Crippen molar-refractivity contribution in [1.82, 2.24) is 0 Å². The minimum absolute atomic E-state index is 0.0552. The molecule has 0 aromatic heterocycles. The van der Waals surface area contributed by atoms with E-state index in [1.165, 1.54) is 13.8 Å². The molecule has 0 aliphatic heterocycles. The van der Waals surface area contributed by atoms with E-state index >= 15 is 0 Å². The Morgan fingerprint density at radius 2 is 2.08 bits per heavy atom. The molecule has 0 rings (SSSR count). The Labute approximate surface area is 77.6 Å². The van der Waals surface area contributed by atoms with Crippen LogP contribution in [0.25, 0.3) is 0 Å². The maximum atomic E-state index is 11.5. The fourth-order valence-electron chi connectivity index (χ4n) is 1.07. The van der Waals surface area contributed by atoms with Crippen LogP contribution in [0.2, 0.25) is 0 Å². The Balaban J connectivity index is 4.55. The van der Waals surface area contributed by atoms with Gasteiger partial charge in [0.25, 0.3) is 0 Å². The van der Waals surface area contributed by atoms with Crippen molar-refractivity contribution in [2.45, 2.75) is 20.3 Å². The summed E-state index contributed by atoms with van der Waals surface area (Å²) in [7, 11) is 0. The molecule has 75 valence electrons. The molecule has 0 aliphatic carbocycles.